The number of hydrogen-bond donors (Lipinski definition) is 0. The summed E-state index contributed by atoms with van der Waals surface area (Å²) in [6.45, 7) is 0. The standard InChI is InChI=1S/C8H6BrF3/c9-6-3-1-5(2-4-6)7(10)8(11)12/h1-4,7-8H/t7-/m1/s1. The lowest BCUT2D eigenvalue weighted by Crippen LogP contribution is -2.02. The molecular weight excluding hydrogens is 233 g/mol. The van der Waals surface area contributed by atoms with Gasteiger partial charge < -0.3 is 0 Å². The molecule has 0 spiro atoms. The van der Waals surface area contributed by atoms with Crippen LogP contribution >= 0.6 is 15.9 Å². The predicted octanol–water partition coefficient (Wildman–Crippen LogP) is 3.72. The molecule has 4 heteroatoms. The topological polar surface area (TPSA) is 0 Å². The molecule has 0 aliphatic heterocycles. The summed E-state index contributed by atoms with van der Waals surface area (Å²) >= 11 is 3.12. The lowest BCUT2D eigenvalue weighted by Gasteiger charge is -2.06. The molecule has 1 aromatic carbocycles. The summed E-state index contributed by atoms with van der Waals surface area (Å²) in [7, 11) is 0. The van der Waals surface area contributed by atoms with E-state index in [0.717, 1.165) is 4.47 Å². The van der Waals surface area contributed by atoms with Gasteiger partial charge in [-0.1, -0.05) is 28.1 Å². The molecule has 1 aromatic rings. The summed E-state index contributed by atoms with van der Waals surface area (Å²) in [4.78, 5) is 0. The Balaban J connectivity index is 2.82. The minimum Gasteiger partial charge on any atom is -0.236 e. The molecule has 0 aliphatic rings. The number of benzene rings is 1. The van der Waals surface area contributed by atoms with Gasteiger partial charge in [-0.25, -0.2) is 13.2 Å². The lowest BCUT2D eigenvalue weighted by atomic mass is 10.1. The van der Waals surface area contributed by atoms with Crippen LogP contribution in [0.5, 0.6) is 0 Å². The number of rotatable bonds is 2. The van der Waals surface area contributed by atoms with E-state index in [4.69, 9.17) is 0 Å². The van der Waals surface area contributed by atoms with Gasteiger partial charge in [-0.2, -0.15) is 0 Å². The Bertz CT molecular complexity index is 245. The summed E-state index contributed by atoms with van der Waals surface area (Å²) in [6, 6.07) is 5.73. The zero-order valence-corrected chi connectivity index (χ0v) is 7.56. The monoisotopic (exact) mass is 238 g/mol. The quantitative estimate of drug-likeness (QED) is 0.737. The van der Waals surface area contributed by atoms with E-state index in [1.807, 2.05) is 0 Å². The van der Waals surface area contributed by atoms with Crippen molar-refractivity contribution in [3.8, 4) is 0 Å². The second-order valence-corrected chi connectivity index (χ2v) is 3.20. The smallest absolute Gasteiger partial charge is 0.236 e. The molecule has 0 aromatic heterocycles. The maximum absolute atomic E-state index is 12.6. The first-order valence-corrected chi connectivity index (χ1v) is 4.08. The van der Waals surface area contributed by atoms with Crippen molar-refractivity contribution in [3.05, 3.63) is 34.3 Å². The molecule has 0 unspecified atom stereocenters. The summed E-state index contributed by atoms with van der Waals surface area (Å²) in [5, 5.41) is 0. The minimum atomic E-state index is -2.95. The van der Waals surface area contributed by atoms with Crippen molar-refractivity contribution < 1.29 is 13.2 Å². The Morgan fingerprint density at radius 3 is 1.92 bits per heavy atom. The summed E-state index contributed by atoms with van der Waals surface area (Å²) in [5.41, 5.74) is 0.00759. The van der Waals surface area contributed by atoms with Crippen LogP contribution < -0.4 is 0 Å². The highest BCUT2D eigenvalue weighted by atomic mass is 79.9. The van der Waals surface area contributed by atoms with Gasteiger partial charge >= 0.3 is 0 Å². The van der Waals surface area contributed by atoms with Gasteiger partial charge in [0.1, 0.15) is 0 Å². The van der Waals surface area contributed by atoms with Crippen molar-refractivity contribution >= 4 is 15.9 Å². The van der Waals surface area contributed by atoms with E-state index in [1.165, 1.54) is 24.3 Å². The van der Waals surface area contributed by atoms with Gasteiger partial charge in [0.15, 0.2) is 6.17 Å². The molecule has 0 saturated heterocycles. The van der Waals surface area contributed by atoms with Gasteiger partial charge in [0, 0.05) is 4.47 Å². The predicted molar refractivity (Wildman–Crippen MR) is 44.0 cm³/mol. The van der Waals surface area contributed by atoms with Gasteiger partial charge in [0.05, 0.1) is 0 Å². The van der Waals surface area contributed by atoms with Gasteiger partial charge in [0.25, 0.3) is 6.43 Å². The Morgan fingerprint density at radius 2 is 1.50 bits per heavy atom. The maximum atomic E-state index is 12.6. The zero-order valence-electron chi connectivity index (χ0n) is 5.98. The first-order chi connectivity index (χ1) is 5.61. The molecule has 0 heterocycles. The van der Waals surface area contributed by atoms with Crippen LogP contribution in [0.3, 0.4) is 0 Å². The van der Waals surface area contributed by atoms with Gasteiger partial charge in [0.2, 0.25) is 0 Å². The van der Waals surface area contributed by atoms with Crippen LogP contribution in [0.1, 0.15) is 11.7 Å². The lowest BCUT2D eigenvalue weighted by molar-refractivity contribution is 0.0495. The number of hydrogen-bond acceptors (Lipinski definition) is 0. The molecule has 1 atom stereocenters. The largest absolute Gasteiger partial charge is 0.273 e. The second kappa shape index (κ2) is 3.94. The molecule has 66 valence electrons. The molecule has 0 saturated carbocycles. The van der Waals surface area contributed by atoms with Crippen molar-refractivity contribution in [2.45, 2.75) is 12.6 Å². The van der Waals surface area contributed by atoms with Crippen LogP contribution in [-0.2, 0) is 0 Å². The third-order valence-corrected chi connectivity index (χ3v) is 1.94. The van der Waals surface area contributed by atoms with Crippen molar-refractivity contribution in [1.82, 2.24) is 0 Å². The van der Waals surface area contributed by atoms with Gasteiger partial charge in [-0.15, -0.1) is 0 Å². The molecule has 0 fully saturated rings. The van der Waals surface area contributed by atoms with E-state index in [9.17, 15) is 13.2 Å². The Kier molecular flexibility index (Phi) is 3.14. The highest BCUT2D eigenvalue weighted by molar-refractivity contribution is 9.10. The van der Waals surface area contributed by atoms with Crippen LogP contribution in [0.15, 0.2) is 28.7 Å². The van der Waals surface area contributed by atoms with E-state index in [0.29, 0.717) is 0 Å². The molecular formula is C8H6BrF3. The van der Waals surface area contributed by atoms with E-state index in [2.05, 4.69) is 15.9 Å². The zero-order chi connectivity index (χ0) is 9.14. The SMILES string of the molecule is FC(F)[C@H](F)c1ccc(Br)cc1. The molecule has 0 nitrogen and oxygen atoms in total. The molecule has 0 aliphatic carbocycles. The van der Waals surface area contributed by atoms with Crippen LogP contribution in [0.4, 0.5) is 13.2 Å². The Morgan fingerprint density at radius 1 is 1.00 bits per heavy atom. The van der Waals surface area contributed by atoms with Gasteiger partial charge in [-0.3, -0.25) is 0 Å². The third-order valence-electron chi connectivity index (χ3n) is 1.41. The summed E-state index contributed by atoms with van der Waals surface area (Å²) in [6.07, 6.45) is -5.13. The number of alkyl halides is 3. The normalized spacial score (nSPS) is 13.4. The first kappa shape index (κ1) is 9.58. The highest BCUT2D eigenvalue weighted by Gasteiger charge is 2.20. The Hall–Kier alpha value is -0.510. The number of halogens is 4. The van der Waals surface area contributed by atoms with Crippen LogP contribution in [-0.4, -0.2) is 6.43 Å². The molecule has 0 radical (unpaired) electrons. The maximum Gasteiger partial charge on any atom is 0.273 e. The van der Waals surface area contributed by atoms with E-state index in [-0.39, 0.29) is 5.56 Å². The average Bonchev–Trinajstić information content (AvgIpc) is 2.04. The van der Waals surface area contributed by atoms with Crippen LogP contribution in [0.2, 0.25) is 0 Å². The molecule has 0 bridgehead atoms. The molecule has 1 rings (SSSR count). The van der Waals surface area contributed by atoms with Crippen molar-refractivity contribution in [1.29, 1.82) is 0 Å². The van der Waals surface area contributed by atoms with Crippen LogP contribution in [0.25, 0.3) is 0 Å². The average molecular weight is 239 g/mol. The molecule has 0 amide bonds. The highest BCUT2D eigenvalue weighted by Crippen LogP contribution is 2.25. The van der Waals surface area contributed by atoms with Crippen molar-refractivity contribution in [2.24, 2.45) is 0 Å². The van der Waals surface area contributed by atoms with E-state index >= 15 is 0 Å². The van der Waals surface area contributed by atoms with Crippen LogP contribution in [0, 0.1) is 0 Å². The van der Waals surface area contributed by atoms with E-state index < -0.39 is 12.6 Å². The molecule has 12 heavy (non-hydrogen) atoms. The third kappa shape index (κ3) is 2.24. The van der Waals surface area contributed by atoms with Gasteiger partial charge in [-0.05, 0) is 17.7 Å². The fourth-order valence-electron chi connectivity index (χ4n) is 0.792. The summed E-state index contributed by atoms with van der Waals surface area (Å²) in [5.74, 6) is 0. The second-order valence-electron chi connectivity index (χ2n) is 2.29. The summed E-state index contributed by atoms with van der Waals surface area (Å²) < 4.78 is 37.0. The fraction of sp³-hybridized carbons (Fsp3) is 0.250. The fourth-order valence-corrected chi connectivity index (χ4v) is 1.06. The Labute approximate surface area is 76.5 Å². The van der Waals surface area contributed by atoms with Crippen molar-refractivity contribution in [3.63, 3.8) is 0 Å². The van der Waals surface area contributed by atoms with E-state index in [1.54, 1.807) is 0 Å². The van der Waals surface area contributed by atoms with Crippen molar-refractivity contribution in [2.75, 3.05) is 0 Å². The first-order valence-electron chi connectivity index (χ1n) is 3.29. The molecule has 0 N–H and O–H groups in total. The minimum absolute atomic E-state index is 0.00759.